The summed E-state index contributed by atoms with van der Waals surface area (Å²) in [5.41, 5.74) is 21.9. The second-order valence-corrected chi connectivity index (χ2v) is 16.9. The molecule has 0 atom stereocenters. The Morgan fingerprint density at radius 1 is 0.250 bits per heavy atom. The highest BCUT2D eigenvalue weighted by atomic mass is 32.1. The second kappa shape index (κ2) is 9.95. The van der Waals surface area contributed by atoms with Gasteiger partial charge >= 0.3 is 0 Å². The van der Waals surface area contributed by atoms with Gasteiger partial charge < -0.3 is 0 Å². The van der Waals surface area contributed by atoms with E-state index in [0.717, 1.165) is 12.8 Å². The average Bonchev–Trinajstić information content (AvgIpc) is 3.94. The minimum absolute atomic E-state index is 0.974. The summed E-state index contributed by atoms with van der Waals surface area (Å²) >= 11 is 3.84. The van der Waals surface area contributed by atoms with E-state index in [4.69, 9.17) is 0 Å². The Bertz CT molecular complexity index is 3020. The summed E-state index contributed by atoms with van der Waals surface area (Å²) in [5.74, 6) is 0. The molecule has 0 saturated carbocycles. The molecule has 8 aromatic carbocycles. The lowest BCUT2D eigenvalue weighted by atomic mass is 9.78. The molecule has 0 radical (unpaired) electrons. The molecule has 0 unspecified atom stereocenters. The maximum Gasteiger partial charge on any atom is 0.0362 e. The van der Waals surface area contributed by atoms with E-state index in [9.17, 15) is 0 Å². The fourth-order valence-electron chi connectivity index (χ4n) is 9.69. The summed E-state index contributed by atoms with van der Waals surface area (Å²) in [6.07, 6.45) is 1.95. The molecule has 10 aromatic rings. The van der Waals surface area contributed by atoms with Crippen molar-refractivity contribution in [2.45, 2.75) is 12.8 Å². The molecule has 13 rings (SSSR count). The smallest absolute Gasteiger partial charge is 0.0362 e. The van der Waals surface area contributed by atoms with E-state index >= 15 is 0 Å². The molecule has 240 valence electrons. The number of rotatable bonds is 0. The largest absolute Gasteiger partial charge is 0.135 e. The molecule has 0 saturated heterocycles. The van der Waals surface area contributed by atoms with E-state index in [2.05, 4.69) is 146 Å². The van der Waals surface area contributed by atoms with Crippen molar-refractivity contribution in [3.8, 4) is 66.8 Å². The average molecular weight is 693 g/mol. The Morgan fingerprint density at radius 3 is 1.13 bits per heavy atom. The molecule has 0 fully saturated rings. The van der Waals surface area contributed by atoms with Crippen LogP contribution in [0.4, 0.5) is 0 Å². The highest BCUT2D eigenvalue weighted by Gasteiger charge is 2.30. The monoisotopic (exact) mass is 692 g/mol. The molecule has 0 aliphatic heterocycles. The molecule has 3 aliphatic carbocycles. The number of fused-ring (bicyclic) bond motifs is 20. The zero-order valence-electron chi connectivity index (χ0n) is 28.1. The van der Waals surface area contributed by atoms with Gasteiger partial charge in [-0.05, 0) is 163 Å². The van der Waals surface area contributed by atoms with Crippen LogP contribution < -0.4 is 0 Å². The maximum atomic E-state index is 2.55. The van der Waals surface area contributed by atoms with Crippen molar-refractivity contribution in [3.63, 3.8) is 0 Å². The molecule has 0 nitrogen and oxygen atoms in total. The van der Waals surface area contributed by atoms with E-state index in [-0.39, 0.29) is 0 Å². The molecule has 2 heteroatoms. The molecular weight excluding hydrogens is 665 g/mol. The van der Waals surface area contributed by atoms with E-state index in [1.807, 2.05) is 22.7 Å². The Labute approximate surface area is 308 Å². The summed E-state index contributed by atoms with van der Waals surface area (Å²) in [7, 11) is 0. The lowest BCUT2D eigenvalue weighted by Crippen LogP contribution is -2.00. The van der Waals surface area contributed by atoms with Gasteiger partial charge in [0.05, 0.1) is 0 Å². The molecule has 52 heavy (non-hydrogen) atoms. The lowest BCUT2D eigenvalue weighted by Gasteiger charge is -2.25. The highest BCUT2D eigenvalue weighted by molar-refractivity contribution is 7.26. The van der Waals surface area contributed by atoms with E-state index in [1.165, 1.54) is 129 Å². The lowest BCUT2D eigenvalue weighted by molar-refractivity contribution is 1.26. The number of hydrogen-bond acceptors (Lipinski definition) is 2. The van der Waals surface area contributed by atoms with Gasteiger partial charge in [-0.1, -0.05) is 84.9 Å². The fourth-order valence-corrected chi connectivity index (χ4v) is 11.9. The standard InChI is InChI=1S/C50H28S2/c1-3-11-31-27(9-1)17-29-19-37-39(21-35(29)31)40-22-36-30(18-28-10-2-4-12-32(28)36)20-38(40)44-26-50-46(34-14-6-8-16-48(34)52-50)24-42(44)41-23-45-33-13-5-7-15-47(33)51-49(45)25-43(37)41/h1-16,19-26H,17-18H2. The van der Waals surface area contributed by atoms with Gasteiger partial charge in [-0.15, -0.1) is 22.7 Å². The summed E-state index contributed by atoms with van der Waals surface area (Å²) in [6, 6.07) is 56.2. The topological polar surface area (TPSA) is 0 Å². The zero-order chi connectivity index (χ0) is 33.7. The van der Waals surface area contributed by atoms with Crippen molar-refractivity contribution in [1.82, 2.24) is 0 Å². The summed E-state index contributed by atoms with van der Waals surface area (Å²) in [4.78, 5) is 0. The molecule has 0 N–H and O–H groups in total. The first kappa shape index (κ1) is 27.9. The van der Waals surface area contributed by atoms with Crippen molar-refractivity contribution >= 4 is 63.0 Å². The van der Waals surface area contributed by atoms with Crippen LogP contribution in [-0.4, -0.2) is 0 Å². The van der Waals surface area contributed by atoms with E-state index in [0.29, 0.717) is 0 Å². The van der Waals surface area contributed by atoms with E-state index < -0.39 is 0 Å². The van der Waals surface area contributed by atoms with Gasteiger partial charge in [0, 0.05) is 40.3 Å². The summed E-state index contributed by atoms with van der Waals surface area (Å²) in [6.45, 7) is 0. The van der Waals surface area contributed by atoms with Gasteiger partial charge in [0.1, 0.15) is 0 Å². The molecule has 2 aromatic heterocycles. The van der Waals surface area contributed by atoms with Crippen molar-refractivity contribution in [3.05, 3.63) is 168 Å². The van der Waals surface area contributed by atoms with Crippen LogP contribution in [0.1, 0.15) is 22.3 Å². The third-order valence-corrected chi connectivity index (χ3v) is 14.3. The first-order chi connectivity index (χ1) is 25.7. The van der Waals surface area contributed by atoms with Crippen molar-refractivity contribution in [2.24, 2.45) is 0 Å². The number of hydrogen-bond donors (Lipinski definition) is 0. The van der Waals surface area contributed by atoms with Crippen LogP contribution in [0.25, 0.3) is 107 Å². The first-order valence-corrected chi connectivity index (χ1v) is 19.8. The predicted octanol–water partition coefficient (Wildman–Crippen LogP) is 14.5. The number of thiophene rings is 2. The van der Waals surface area contributed by atoms with Crippen LogP contribution in [0.3, 0.4) is 0 Å². The van der Waals surface area contributed by atoms with Crippen molar-refractivity contribution < 1.29 is 0 Å². The third-order valence-electron chi connectivity index (χ3n) is 12.1. The van der Waals surface area contributed by atoms with Gasteiger partial charge in [0.2, 0.25) is 0 Å². The fraction of sp³-hybridized carbons (Fsp3) is 0.0400. The predicted molar refractivity (Wildman–Crippen MR) is 224 cm³/mol. The maximum absolute atomic E-state index is 2.55. The van der Waals surface area contributed by atoms with Gasteiger partial charge in [0.15, 0.2) is 0 Å². The Hall–Kier alpha value is -5.80. The van der Waals surface area contributed by atoms with Gasteiger partial charge in [-0.3, -0.25) is 0 Å². The minimum Gasteiger partial charge on any atom is -0.135 e. The van der Waals surface area contributed by atoms with E-state index in [1.54, 1.807) is 0 Å². The third kappa shape index (κ3) is 3.66. The molecule has 0 amide bonds. The van der Waals surface area contributed by atoms with Crippen LogP contribution in [0.5, 0.6) is 0 Å². The van der Waals surface area contributed by atoms with Crippen LogP contribution in [0.15, 0.2) is 146 Å². The normalized spacial score (nSPS) is 13.2. The van der Waals surface area contributed by atoms with Crippen LogP contribution in [-0.2, 0) is 12.8 Å². The molecule has 0 bridgehead atoms. The molecular formula is C50H28S2. The van der Waals surface area contributed by atoms with Crippen LogP contribution >= 0.6 is 22.7 Å². The Kier molecular flexibility index (Phi) is 5.33. The van der Waals surface area contributed by atoms with Crippen molar-refractivity contribution in [2.75, 3.05) is 0 Å². The minimum atomic E-state index is 0.974. The van der Waals surface area contributed by atoms with Crippen LogP contribution in [0, 0.1) is 0 Å². The van der Waals surface area contributed by atoms with Gasteiger partial charge in [-0.2, -0.15) is 0 Å². The zero-order valence-corrected chi connectivity index (χ0v) is 29.7. The first-order valence-electron chi connectivity index (χ1n) is 18.2. The number of benzene rings is 8. The Balaban J connectivity index is 1.22. The Morgan fingerprint density at radius 2 is 0.635 bits per heavy atom. The van der Waals surface area contributed by atoms with Gasteiger partial charge in [0.25, 0.3) is 0 Å². The molecule has 3 aliphatic rings. The molecule has 0 spiro atoms. The quantitative estimate of drug-likeness (QED) is 0.148. The van der Waals surface area contributed by atoms with Crippen LogP contribution in [0.2, 0.25) is 0 Å². The second-order valence-electron chi connectivity index (χ2n) is 14.8. The molecule has 2 heterocycles. The highest BCUT2D eigenvalue weighted by Crippen LogP contribution is 2.55. The van der Waals surface area contributed by atoms with Gasteiger partial charge in [-0.25, -0.2) is 0 Å². The summed E-state index contributed by atoms with van der Waals surface area (Å²) in [5, 5.41) is 5.38. The summed E-state index contributed by atoms with van der Waals surface area (Å²) < 4.78 is 5.39. The SMILES string of the molecule is c1ccc2c(c1)Cc1cc3c(cc1-2)-c1cc2c(cc1-c1cc4sc5ccccc5c4cc1-c1cc4c(cc1-3)sc1ccccc14)Cc1ccccc1-2. The van der Waals surface area contributed by atoms with Crippen molar-refractivity contribution in [1.29, 1.82) is 0 Å².